The van der Waals surface area contributed by atoms with Crippen LogP contribution in [0.5, 0.6) is 0 Å². The quantitative estimate of drug-likeness (QED) is 0.689. The van der Waals surface area contributed by atoms with E-state index in [-0.39, 0.29) is 0 Å². The normalized spacial score (nSPS) is 15.9. The Kier molecular flexibility index (Phi) is 6.46. The average Bonchev–Trinajstić information content (AvgIpc) is 2.32. The van der Waals surface area contributed by atoms with Gasteiger partial charge < -0.3 is 18.7 Å². The zero-order chi connectivity index (χ0) is 13.4. The maximum Gasteiger partial charge on any atom is 0.334 e. The Morgan fingerprint density at radius 1 is 1.33 bits per heavy atom. The summed E-state index contributed by atoms with van der Waals surface area (Å²) >= 11 is 0. The van der Waals surface area contributed by atoms with E-state index in [2.05, 4.69) is 6.55 Å². The van der Waals surface area contributed by atoms with Crippen molar-refractivity contribution in [2.45, 2.75) is 39.3 Å². The van der Waals surface area contributed by atoms with Gasteiger partial charge in [-0.25, -0.2) is 0 Å². The highest BCUT2D eigenvalue weighted by molar-refractivity contribution is 6.66. The molecule has 0 fully saturated rings. The fourth-order valence-electron chi connectivity index (χ4n) is 2.07. The summed E-state index contributed by atoms with van der Waals surface area (Å²) in [5.74, 6) is 0.345. The summed E-state index contributed by atoms with van der Waals surface area (Å²) in [6, 6.07) is 0.940. The molecule has 0 radical (unpaired) electrons. The van der Waals surface area contributed by atoms with Crippen molar-refractivity contribution in [3.05, 3.63) is 23.7 Å². The highest BCUT2D eigenvalue weighted by Gasteiger charge is 2.30. The molecule has 1 N–H and O–H groups in total. The molecule has 1 aliphatic heterocycles. The lowest BCUT2D eigenvalue weighted by Gasteiger charge is -2.26. The van der Waals surface area contributed by atoms with Crippen LogP contribution in [0.1, 0.15) is 26.7 Å². The molecule has 1 aliphatic rings. The average molecular weight is 272 g/mol. The van der Waals surface area contributed by atoms with Crippen LogP contribution in [-0.4, -0.2) is 33.5 Å². The van der Waals surface area contributed by atoms with E-state index in [9.17, 15) is 5.11 Å². The van der Waals surface area contributed by atoms with Gasteiger partial charge in [0.2, 0.25) is 0 Å². The van der Waals surface area contributed by atoms with Gasteiger partial charge in [-0.15, -0.1) is 0 Å². The van der Waals surface area contributed by atoms with E-state index < -0.39 is 8.56 Å². The molecule has 0 unspecified atom stereocenters. The van der Waals surface area contributed by atoms with E-state index >= 15 is 0 Å². The molecule has 0 aliphatic carbocycles. The van der Waals surface area contributed by atoms with E-state index in [1.807, 2.05) is 13.8 Å². The van der Waals surface area contributed by atoms with Crippen LogP contribution in [0.15, 0.2) is 23.7 Å². The van der Waals surface area contributed by atoms with E-state index in [1.165, 1.54) is 6.26 Å². The van der Waals surface area contributed by atoms with Crippen LogP contribution in [0.3, 0.4) is 0 Å². The summed E-state index contributed by atoms with van der Waals surface area (Å²) < 4.78 is 16.7. The zero-order valence-electron chi connectivity index (χ0n) is 11.6. The third-order valence-electron chi connectivity index (χ3n) is 2.95. The van der Waals surface area contributed by atoms with Crippen molar-refractivity contribution in [3.63, 3.8) is 0 Å². The maximum absolute atomic E-state index is 9.67. The second-order valence-electron chi connectivity index (χ2n) is 4.46. The van der Waals surface area contributed by atoms with Crippen molar-refractivity contribution in [2.75, 3.05) is 19.8 Å². The van der Waals surface area contributed by atoms with Crippen molar-refractivity contribution in [1.29, 1.82) is 0 Å². The van der Waals surface area contributed by atoms with Crippen LogP contribution in [0, 0.1) is 0 Å². The van der Waals surface area contributed by atoms with Gasteiger partial charge in [0, 0.05) is 24.9 Å². The Morgan fingerprint density at radius 2 is 2.00 bits per heavy atom. The fraction of sp³-hybridized carbons (Fsp3) is 0.692. The number of rotatable bonds is 8. The molecular formula is C13H24O4Si. The Labute approximate surface area is 110 Å². The maximum atomic E-state index is 9.67. The molecule has 0 aromatic heterocycles. The Balaban J connectivity index is 2.41. The first-order valence-corrected chi connectivity index (χ1v) is 9.10. The van der Waals surface area contributed by atoms with Gasteiger partial charge in [-0.05, 0) is 39.3 Å². The molecule has 1 heterocycles. The van der Waals surface area contributed by atoms with Gasteiger partial charge >= 0.3 is 8.56 Å². The Hall–Kier alpha value is -0.783. The van der Waals surface area contributed by atoms with Gasteiger partial charge in [-0.2, -0.15) is 0 Å². The molecule has 0 spiro atoms. The predicted molar refractivity (Wildman–Crippen MR) is 73.7 cm³/mol. The number of allylic oxidation sites excluding steroid dienone is 1. The number of ether oxygens (including phenoxy) is 1. The summed E-state index contributed by atoms with van der Waals surface area (Å²) in [5.41, 5.74) is 0.960. The van der Waals surface area contributed by atoms with Crippen molar-refractivity contribution in [3.8, 4) is 0 Å². The first-order chi connectivity index (χ1) is 8.61. The zero-order valence-corrected chi connectivity index (χ0v) is 12.6. The van der Waals surface area contributed by atoms with Crippen molar-refractivity contribution in [2.24, 2.45) is 0 Å². The summed E-state index contributed by atoms with van der Waals surface area (Å²) in [5, 5.41) is 9.67. The number of aliphatic hydroxyl groups excluding tert-OH is 1. The fourth-order valence-corrected chi connectivity index (χ4v) is 4.49. The van der Waals surface area contributed by atoms with Crippen LogP contribution in [0.4, 0.5) is 0 Å². The lowest BCUT2D eigenvalue weighted by molar-refractivity contribution is 0.188. The first-order valence-electron chi connectivity index (χ1n) is 6.58. The third-order valence-corrected chi connectivity index (χ3v) is 6.01. The molecule has 5 heteroatoms. The van der Waals surface area contributed by atoms with Crippen LogP contribution in [-0.2, 0) is 13.6 Å². The first kappa shape index (κ1) is 15.3. The van der Waals surface area contributed by atoms with E-state index in [1.54, 1.807) is 6.08 Å². The molecular weight excluding hydrogens is 248 g/mol. The molecule has 18 heavy (non-hydrogen) atoms. The monoisotopic (exact) mass is 272 g/mol. The lowest BCUT2D eigenvalue weighted by atomic mass is 10.1. The Morgan fingerprint density at radius 3 is 2.56 bits per heavy atom. The minimum absolute atomic E-state index is 0.345. The molecule has 0 amide bonds. The molecule has 0 saturated carbocycles. The molecule has 0 bridgehead atoms. The number of aliphatic hydroxyl groups is 1. The minimum atomic E-state index is -2.02. The van der Waals surface area contributed by atoms with Gasteiger partial charge in [0.25, 0.3) is 0 Å². The summed E-state index contributed by atoms with van der Waals surface area (Å²) in [6.07, 6.45) is 4.91. The van der Waals surface area contributed by atoms with Crippen LogP contribution in [0.2, 0.25) is 12.6 Å². The smallest absolute Gasteiger partial charge is 0.334 e. The second-order valence-corrected chi connectivity index (χ2v) is 7.80. The molecule has 0 atom stereocenters. The minimum Gasteiger partial charge on any atom is -0.508 e. The van der Waals surface area contributed by atoms with E-state index in [0.29, 0.717) is 25.6 Å². The molecule has 0 aromatic carbocycles. The van der Waals surface area contributed by atoms with Crippen LogP contribution in [0.25, 0.3) is 0 Å². The summed E-state index contributed by atoms with van der Waals surface area (Å²) in [7, 11) is -2.02. The second kappa shape index (κ2) is 7.61. The highest BCUT2D eigenvalue weighted by atomic mass is 28.4. The van der Waals surface area contributed by atoms with E-state index in [4.69, 9.17) is 13.6 Å². The largest absolute Gasteiger partial charge is 0.508 e. The van der Waals surface area contributed by atoms with Gasteiger partial charge in [0.15, 0.2) is 0 Å². The van der Waals surface area contributed by atoms with Gasteiger partial charge in [0.1, 0.15) is 12.4 Å². The third kappa shape index (κ3) is 4.84. The molecule has 0 saturated heterocycles. The number of hydrogen-bond acceptors (Lipinski definition) is 4. The van der Waals surface area contributed by atoms with Crippen LogP contribution >= 0.6 is 0 Å². The molecule has 0 aromatic rings. The van der Waals surface area contributed by atoms with E-state index in [0.717, 1.165) is 24.5 Å². The van der Waals surface area contributed by atoms with Crippen molar-refractivity contribution >= 4 is 8.56 Å². The lowest BCUT2D eigenvalue weighted by Crippen LogP contribution is -2.38. The molecule has 1 rings (SSSR count). The SMILES string of the molecule is CCO[Si](C)(CCCC1=C(O)C=COC1)OCC. The van der Waals surface area contributed by atoms with Gasteiger partial charge in [0.05, 0.1) is 6.26 Å². The highest BCUT2D eigenvalue weighted by Crippen LogP contribution is 2.22. The van der Waals surface area contributed by atoms with Crippen molar-refractivity contribution in [1.82, 2.24) is 0 Å². The molecule has 4 nitrogen and oxygen atoms in total. The number of hydrogen-bond donors (Lipinski definition) is 1. The standard InChI is InChI=1S/C13H24O4Si/c1-4-16-18(3,17-5-2)10-6-7-12-11-15-9-8-13(12)14/h8-9,14H,4-7,10-11H2,1-3H3. The van der Waals surface area contributed by atoms with Crippen molar-refractivity contribution < 1.29 is 18.7 Å². The van der Waals surface area contributed by atoms with Gasteiger partial charge in [-0.1, -0.05) is 0 Å². The Bertz CT molecular complexity index is 306. The predicted octanol–water partition coefficient (Wildman–Crippen LogP) is 3.27. The summed E-state index contributed by atoms with van der Waals surface area (Å²) in [6.45, 7) is 7.98. The van der Waals surface area contributed by atoms with Crippen LogP contribution < -0.4 is 0 Å². The van der Waals surface area contributed by atoms with Gasteiger partial charge in [-0.3, -0.25) is 0 Å². The summed E-state index contributed by atoms with van der Waals surface area (Å²) in [4.78, 5) is 0. The molecule has 104 valence electrons. The topological polar surface area (TPSA) is 47.9 Å².